The van der Waals surface area contributed by atoms with Gasteiger partial charge >= 0.3 is 5.97 Å². The molecule has 0 unspecified atom stereocenters. The van der Waals surface area contributed by atoms with Crippen LogP contribution in [-0.2, 0) is 25.4 Å². The summed E-state index contributed by atoms with van der Waals surface area (Å²) in [4.78, 5) is 12.1. The molecule has 7 heteroatoms. The summed E-state index contributed by atoms with van der Waals surface area (Å²) in [5, 5.41) is 0. The molecule has 0 aliphatic rings. The van der Waals surface area contributed by atoms with Crippen LogP contribution in [0.3, 0.4) is 0 Å². The van der Waals surface area contributed by atoms with Crippen molar-refractivity contribution in [3.05, 3.63) is 72.3 Å². The fourth-order valence-corrected chi connectivity index (χ4v) is 3.13. The summed E-state index contributed by atoms with van der Waals surface area (Å²) in [6, 6.07) is 20.6. The van der Waals surface area contributed by atoms with Gasteiger partial charge in [0.25, 0.3) is 0 Å². The van der Waals surface area contributed by atoms with E-state index in [1.807, 2.05) is 54.6 Å². The number of esters is 1. The zero-order valence-electron chi connectivity index (χ0n) is 18.3. The fourth-order valence-electron chi connectivity index (χ4n) is 3.13. The number of hydrogen-bond donors (Lipinski definition) is 0. The van der Waals surface area contributed by atoms with Crippen molar-refractivity contribution in [1.29, 1.82) is 0 Å². The summed E-state index contributed by atoms with van der Waals surface area (Å²) in [7, 11) is 4.42. The molecule has 0 atom stereocenters. The zero-order valence-corrected chi connectivity index (χ0v) is 18.3. The zero-order chi connectivity index (χ0) is 22.8. The highest BCUT2D eigenvalue weighted by atomic mass is 16.7. The Balaban J connectivity index is 2.07. The number of carbonyl (C=O) groups excluding carboxylic acids is 1. The molecule has 0 bridgehead atoms. The van der Waals surface area contributed by atoms with Crippen LogP contribution < -0.4 is 14.2 Å². The van der Waals surface area contributed by atoms with Crippen LogP contribution >= 0.6 is 0 Å². The summed E-state index contributed by atoms with van der Waals surface area (Å²) >= 11 is 0. The van der Waals surface area contributed by atoms with E-state index < -0.39 is 0 Å². The number of rotatable bonds is 11. The molecule has 3 rings (SSSR count). The molecule has 0 saturated carbocycles. The summed E-state index contributed by atoms with van der Waals surface area (Å²) in [5.41, 5.74) is 2.20. The van der Waals surface area contributed by atoms with E-state index in [4.69, 9.17) is 28.4 Å². The molecule has 168 valence electrons. The van der Waals surface area contributed by atoms with Gasteiger partial charge in [0.15, 0.2) is 13.6 Å². The highest BCUT2D eigenvalue weighted by molar-refractivity contribution is 5.82. The van der Waals surface area contributed by atoms with Crippen molar-refractivity contribution in [2.75, 3.05) is 34.9 Å². The molecular formula is C25H26O7. The Labute approximate surface area is 187 Å². The van der Waals surface area contributed by atoms with Gasteiger partial charge in [0.2, 0.25) is 0 Å². The lowest BCUT2D eigenvalue weighted by molar-refractivity contribution is -0.139. The van der Waals surface area contributed by atoms with Crippen molar-refractivity contribution in [3.63, 3.8) is 0 Å². The van der Waals surface area contributed by atoms with Crippen LogP contribution in [-0.4, -0.2) is 40.9 Å². The average molecular weight is 438 g/mol. The number of ether oxygens (including phenoxy) is 6. The molecule has 0 aliphatic carbocycles. The van der Waals surface area contributed by atoms with E-state index in [0.29, 0.717) is 22.8 Å². The first kappa shape index (κ1) is 23.1. The maximum absolute atomic E-state index is 12.1. The molecule has 0 radical (unpaired) electrons. The molecule has 0 aromatic heterocycles. The number of para-hydroxylation sites is 1. The molecule has 0 heterocycles. The minimum Gasteiger partial charge on any atom is -0.469 e. The first-order valence-corrected chi connectivity index (χ1v) is 9.95. The lowest BCUT2D eigenvalue weighted by Gasteiger charge is -2.18. The average Bonchev–Trinajstić information content (AvgIpc) is 2.82. The third-order valence-electron chi connectivity index (χ3n) is 4.50. The normalized spacial score (nSPS) is 10.5. The summed E-state index contributed by atoms with van der Waals surface area (Å²) in [5.74, 6) is 1.98. The first-order chi connectivity index (χ1) is 15.6. The highest BCUT2D eigenvalue weighted by Crippen LogP contribution is 2.39. The van der Waals surface area contributed by atoms with Crippen molar-refractivity contribution < 1.29 is 33.2 Å². The van der Waals surface area contributed by atoms with Gasteiger partial charge < -0.3 is 28.4 Å². The third kappa shape index (κ3) is 6.23. The summed E-state index contributed by atoms with van der Waals surface area (Å²) in [6.07, 6.45) is 0.0309. The van der Waals surface area contributed by atoms with Gasteiger partial charge in [-0.05, 0) is 41.5 Å². The number of hydrogen-bond acceptors (Lipinski definition) is 7. The van der Waals surface area contributed by atoms with Crippen LogP contribution in [0.1, 0.15) is 5.56 Å². The monoisotopic (exact) mass is 438 g/mol. The maximum Gasteiger partial charge on any atom is 0.310 e. The Hall–Kier alpha value is -3.55. The number of carbonyl (C=O) groups is 1. The Morgan fingerprint density at radius 2 is 1.47 bits per heavy atom. The van der Waals surface area contributed by atoms with Crippen molar-refractivity contribution >= 4 is 5.97 Å². The predicted molar refractivity (Wildman–Crippen MR) is 119 cm³/mol. The first-order valence-electron chi connectivity index (χ1n) is 9.95. The Kier molecular flexibility index (Phi) is 8.48. The quantitative estimate of drug-likeness (QED) is 0.314. The standard InChI is InChI=1S/C25H26O7/c1-27-16-30-22-13-19(14-24(26)29-3)25(23(15-22)31-17-28-2)18-8-7-11-21(12-18)32-20-9-5-4-6-10-20/h4-13,15H,14,16-17H2,1-3H3. The molecule has 3 aromatic rings. The summed E-state index contributed by atoms with van der Waals surface area (Å²) in [6.45, 7) is 0.0831. The second-order valence-electron chi connectivity index (χ2n) is 6.75. The van der Waals surface area contributed by atoms with Crippen LogP contribution in [0.4, 0.5) is 0 Å². The van der Waals surface area contributed by atoms with Gasteiger partial charge in [0.1, 0.15) is 23.0 Å². The van der Waals surface area contributed by atoms with Gasteiger partial charge in [-0.1, -0.05) is 30.3 Å². The van der Waals surface area contributed by atoms with Crippen molar-refractivity contribution in [2.45, 2.75) is 6.42 Å². The fraction of sp³-hybridized carbons (Fsp3) is 0.240. The van der Waals surface area contributed by atoms with Gasteiger partial charge in [-0.2, -0.15) is 0 Å². The molecule has 0 fully saturated rings. The molecule has 0 aliphatic heterocycles. The third-order valence-corrected chi connectivity index (χ3v) is 4.50. The van der Waals surface area contributed by atoms with Crippen LogP contribution in [0.25, 0.3) is 11.1 Å². The molecule has 0 N–H and O–H groups in total. The van der Waals surface area contributed by atoms with E-state index in [-0.39, 0.29) is 26.0 Å². The second-order valence-corrected chi connectivity index (χ2v) is 6.75. The van der Waals surface area contributed by atoms with E-state index in [2.05, 4.69) is 0 Å². The Bertz CT molecular complexity index is 1020. The smallest absolute Gasteiger partial charge is 0.310 e. The topological polar surface area (TPSA) is 72.5 Å². The van der Waals surface area contributed by atoms with Crippen molar-refractivity contribution in [3.8, 4) is 34.1 Å². The van der Waals surface area contributed by atoms with Crippen LogP contribution in [0, 0.1) is 0 Å². The maximum atomic E-state index is 12.1. The molecule has 0 spiro atoms. The van der Waals surface area contributed by atoms with E-state index in [0.717, 1.165) is 16.9 Å². The van der Waals surface area contributed by atoms with Gasteiger partial charge in [0.05, 0.1) is 13.5 Å². The van der Waals surface area contributed by atoms with Gasteiger partial charge in [0, 0.05) is 25.8 Å². The minimum atomic E-state index is -0.385. The van der Waals surface area contributed by atoms with Crippen LogP contribution in [0.5, 0.6) is 23.0 Å². The van der Waals surface area contributed by atoms with E-state index in [1.165, 1.54) is 21.3 Å². The second kappa shape index (κ2) is 11.7. The molecule has 0 amide bonds. The molecule has 3 aromatic carbocycles. The van der Waals surface area contributed by atoms with E-state index >= 15 is 0 Å². The van der Waals surface area contributed by atoms with Crippen LogP contribution in [0.2, 0.25) is 0 Å². The molecule has 7 nitrogen and oxygen atoms in total. The Morgan fingerprint density at radius 3 is 2.19 bits per heavy atom. The largest absolute Gasteiger partial charge is 0.469 e. The lowest BCUT2D eigenvalue weighted by atomic mass is 9.96. The van der Waals surface area contributed by atoms with E-state index in [1.54, 1.807) is 12.1 Å². The summed E-state index contributed by atoms with van der Waals surface area (Å²) < 4.78 is 32.4. The van der Waals surface area contributed by atoms with Crippen molar-refractivity contribution in [1.82, 2.24) is 0 Å². The van der Waals surface area contributed by atoms with Gasteiger partial charge in [-0.15, -0.1) is 0 Å². The highest BCUT2D eigenvalue weighted by Gasteiger charge is 2.19. The number of benzene rings is 3. The molecule has 0 saturated heterocycles. The molecular weight excluding hydrogens is 412 g/mol. The van der Waals surface area contributed by atoms with Gasteiger partial charge in [-0.25, -0.2) is 0 Å². The lowest BCUT2D eigenvalue weighted by Crippen LogP contribution is -2.09. The van der Waals surface area contributed by atoms with E-state index in [9.17, 15) is 4.79 Å². The number of methoxy groups -OCH3 is 3. The Morgan fingerprint density at radius 1 is 0.750 bits per heavy atom. The predicted octanol–water partition coefficient (Wildman–Crippen LogP) is 4.83. The van der Waals surface area contributed by atoms with Crippen molar-refractivity contribution in [2.24, 2.45) is 0 Å². The van der Waals surface area contributed by atoms with Gasteiger partial charge in [-0.3, -0.25) is 4.79 Å². The minimum absolute atomic E-state index is 0.0264. The SMILES string of the molecule is COCOc1cc(CC(=O)OC)c(-c2cccc(Oc3ccccc3)c2)c(OCOC)c1. The van der Waals surface area contributed by atoms with Crippen LogP contribution in [0.15, 0.2) is 66.7 Å². The molecule has 32 heavy (non-hydrogen) atoms.